The predicted molar refractivity (Wildman–Crippen MR) is 91.0 cm³/mol. The van der Waals surface area contributed by atoms with E-state index in [0.717, 1.165) is 31.9 Å². The van der Waals surface area contributed by atoms with Crippen molar-refractivity contribution in [2.75, 3.05) is 24.7 Å². The van der Waals surface area contributed by atoms with E-state index in [2.05, 4.69) is 45.1 Å². The van der Waals surface area contributed by atoms with Crippen LogP contribution in [0.3, 0.4) is 0 Å². The Morgan fingerprint density at radius 3 is 2.45 bits per heavy atom. The van der Waals surface area contributed by atoms with E-state index in [-0.39, 0.29) is 0 Å². The molecule has 0 bridgehead atoms. The monoisotopic (exact) mass is 295 g/mol. The molecule has 0 radical (unpaired) electrons. The first-order valence-corrected chi connectivity index (χ1v) is 8.85. The van der Waals surface area contributed by atoms with Crippen molar-refractivity contribution in [3.8, 4) is 5.75 Å². The Hall–Kier alpha value is -0.670. The second-order valence-corrected chi connectivity index (χ2v) is 6.53. The van der Waals surface area contributed by atoms with Gasteiger partial charge in [0.05, 0.1) is 6.61 Å². The number of nitrogens with one attached hydrogen (secondary N) is 1. The van der Waals surface area contributed by atoms with Crippen molar-refractivity contribution in [2.24, 2.45) is 0 Å². The summed E-state index contributed by atoms with van der Waals surface area (Å²) in [5.41, 5.74) is 3.85. The molecule has 1 rings (SSSR count). The summed E-state index contributed by atoms with van der Waals surface area (Å²) >= 11 is 1.98. The van der Waals surface area contributed by atoms with Gasteiger partial charge in [0.15, 0.2) is 0 Å². The summed E-state index contributed by atoms with van der Waals surface area (Å²) in [6.45, 7) is 11.5. The lowest BCUT2D eigenvalue weighted by molar-refractivity contribution is 0.314. The fraction of sp³-hybridized carbons (Fsp3) is 0.647. The number of ether oxygens (including phenoxy) is 1. The zero-order valence-corrected chi connectivity index (χ0v) is 14.2. The molecule has 1 aromatic rings. The zero-order valence-electron chi connectivity index (χ0n) is 13.4. The highest BCUT2D eigenvalue weighted by Gasteiger charge is 2.06. The molecule has 0 aliphatic carbocycles. The second kappa shape index (κ2) is 10.1. The summed E-state index contributed by atoms with van der Waals surface area (Å²) in [5.74, 6) is 3.45. The fourth-order valence-corrected chi connectivity index (χ4v) is 2.87. The van der Waals surface area contributed by atoms with E-state index >= 15 is 0 Å². The summed E-state index contributed by atoms with van der Waals surface area (Å²) in [5, 5.41) is 3.45. The van der Waals surface area contributed by atoms with Crippen LogP contribution >= 0.6 is 11.8 Å². The number of hydrogen-bond donors (Lipinski definition) is 1. The summed E-state index contributed by atoms with van der Waals surface area (Å²) in [7, 11) is 0. The summed E-state index contributed by atoms with van der Waals surface area (Å²) in [6, 6.07) is 4.48. The number of rotatable bonds is 10. The van der Waals surface area contributed by atoms with Gasteiger partial charge < -0.3 is 10.1 Å². The lowest BCUT2D eigenvalue weighted by Gasteiger charge is -2.14. The lowest BCUT2D eigenvalue weighted by atomic mass is 10.1. The van der Waals surface area contributed by atoms with Crippen molar-refractivity contribution in [3.05, 3.63) is 28.8 Å². The van der Waals surface area contributed by atoms with Crippen molar-refractivity contribution in [1.82, 2.24) is 5.32 Å². The summed E-state index contributed by atoms with van der Waals surface area (Å²) in [6.07, 6.45) is 2.30. The third kappa shape index (κ3) is 6.19. The van der Waals surface area contributed by atoms with Crippen LogP contribution in [0.4, 0.5) is 0 Å². The summed E-state index contributed by atoms with van der Waals surface area (Å²) in [4.78, 5) is 0. The van der Waals surface area contributed by atoms with Gasteiger partial charge in [0.1, 0.15) is 5.75 Å². The molecule has 0 atom stereocenters. The van der Waals surface area contributed by atoms with Gasteiger partial charge in [-0.05, 0) is 61.4 Å². The van der Waals surface area contributed by atoms with Crippen LogP contribution in [0.15, 0.2) is 12.1 Å². The Kier molecular flexibility index (Phi) is 8.79. The molecule has 3 heteroatoms. The number of benzene rings is 1. The highest BCUT2D eigenvalue weighted by Crippen LogP contribution is 2.25. The Bertz CT molecular complexity index is 370. The second-order valence-electron chi connectivity index (χ2n) is 5.13. The van der Waals surface area contributed by atoms with E-state index in [1.54, 1.807) is 0 Å². The molecule has 0 aliphatic heterocycles. The molecule has 0 spiro atoms. The quantitative estimate of drug-likeness (QED) is 0.649. The fourth-order valence-electron chi connectivity index (χ4n) is 2.26. The van der Waals surface area contributed by atoms with Crippen molar-refractivity contribution in [1.29, 1.82) is 0 Å². The van der Waals surface area contributed by atoms with Gasteiger partial charge in [-0.2, -0.15) is 11.8 Å². The van der Waals surface area contributed by atoms with Crippen LogP contribution in [0.1, 0.15) is 43.4 Å². The van der Waals surface area contributed by atoms with Gasteiger partial charge in [0.25, 0.3) is 0 Å². The number of aryl methyl sites for hydroxylation is 2. The molecule has 1 aromatic carbocycles. The first-order valence-electron chi connectivity index (χ1n) is 7.70. The molecule has 0 saturated carbocycles. The van der Waals surface area contributed by atoms with Crippen LogP contribution < -0.4 is 10.1 Å². The maximum Gasteiger partial charge on any atom is 0.125 e. The third-order valence-electron chi connectivity index (χ3n) is 3.16. The van der Waals surface area contributed by atoms with Crippen LogP contribution in [-0.2, 0) is 6.54 Å². The molecular formula is C17H29NOS. The smallest absolute Gasteiger partial charge is 0.125 e. The molecule has 2 nitrogen and oxygen atoms in total. The third-order valence-corrected chi connectivity index (χ3v) is 4.15. The highest BCUT2D eigenvalue weighted by atomic mass is 32.2. The van der Waals surface area contributed by atoms with Gasteiger partial charge in [0, 0.05) is 6.54 Å². The molecule has 0 fully saturated rings. The maximum atomic E-state index is 5.96. The molecule has 0 aliphatic rings. The van der Waals surface area contributed by atoms with E-state index in [1.165, 1.54) is 34.6 Å². The van der Waals surface area contributed by atoms with E-state index in [0.29, 0.717) is 0 Å². The SMILES string of the molecule is CCCNCc1cc(C)c(OCCCSCC)c(C)c1. The Labute approximate surface area is 128 Å². The molecule has 0 amide bonds. The first-order chi connectivity index (χ1) is 9.69. The number of thioether (sulfide) groups is 1. The topological polar surface area (TPSA) is 21.3 Å². The molecule has 0 unspecified atom stereocenters. The number of hydrogen-bond acceptors (Lipinski definition) is 3. The Balaban J connectivity index is 2.51. The summed E-state index contributed by atoms with van der Waals surface area (Å²) < 4.78 is 5.96. The van der Waals surface area contributed by atoms with Crippen molar-refractivity contribution < 1.29 is 4.74 Å². The molecule has 0 saturated heterocycles. The van der Waals surface area contributed by atoms with E-state index in [9.17, 15) is 0 Å². The molecule has 0 heterocycles. The molecular weight excluding hydrogens is 266 g/mol. The van der Waals surface area contributed by atoms with Gasteiger partial charge >= 0.3 is 0 Å². The predicted octanol–water partition coefficient (Wildman–Crippen LogP) is 4.33. The molecule has 20 heavy (non-hydrogen) atoms. The lowest BCUT2D eigenvalue weighted by Crippen LogP contribution is -2.14. The Morgan fingerprint density at radius 2 is 1.85 bits per heavy atom. The molecule has 114 valence electrons. The van der Waals surface area contributed by atoms with E-state index < -0.39 is 0 Å². The van der Waals surface area contributed by atoms with Gasteiger partial charge in [-0.25, -0.2) is 0 Å². The van der Waals surface area contributed by atoms with Gasteiger partial charge in [-0.1, -0.05) is 26.0 Å². The largest absolute Gasteiger partial charge is 0.493 e. The first kappa shape index (κ1) is 17.4. The van der Waals surface area contributed by atoms with Crippen LogP contribution in [0, 0.1) is 13.8 Å². The van der Waals surface area contributed by atoms with Crippen molar-refractivity contribution in [2.45, 2.75) is 47.1 Å². The van der Waals surface area contributed by atoms with Gasteiger partial charge in [-0.15, -0.1) is 0 Å². The van der Waals surface area contributed by atoms with Crippen LogP contribution in [-0.4, -0.2) is 24.7 Å². The Morgan fingerprint density at radius 1 is 1.15 bits per heavy atom. The minimum absolute atomic E-state index is 0.822. The van der Waals surface area contributed by atoms with Crippen LogP contribution in [0.5, 0.6) is 5.75 Å². The minimum atomic E-state index is 0.822. The van der Waals surface area contributed by atoms with Gasteiger partial charge in [0.2, 0.25) is 0 Å². The minimum Gasteiger partial charge on any atom is -0.493 e. The average molecular weight is 295 g/mol. The normalized spacial score (nSPS) is 10.8. The zero-order chi connectivity index (χ0) is 14.8. The van der Waals surface area contributed by atoms with E-state index in [4.69, 9.17) is 4.74 Å². The van der Waals surface area contributed by atoms with Gasteiger partial charge in [-0.3, -0.25) is 0 Å². The van der Waals surface area contributed by atoms with Crippen LogP contribution in [0.25, 0.3) is 0 Å². The molecule has 1 N–H and O–H groups in total. The van der Waals surface area contributed by atoms with E-state index in [1.807, 2.05) is 11.8 Å². The van der Waals surface area contributed by atoms with Crippen molar-refractivity contribution in [3.63, 3.8) is 0 Å². The maximum absolute atomic E-state index is 5.96. The van der Waals surface area contributed by atoms with Crippen LogP contribution in [0.2, 0.25) is 0 Å². The highest BCUT2D eigenvalue weighted by molar-refractivity contribution is 7.99. The average Bonchev–Trinajstić information content (AvgIpc) is 2.41. The molecule has 0 aromatic heterocycles. The standard InChI is InChI=1S/C17H29NOS/c1-5-8-18-13-16-11-14(3)17(15(4)12-16)19-9-7-10-20-6-2/h11-12,18H,5-10,13H2,1-4H3. The van der Waals surface area contributed by atoms with Crippen molar-refractivity contribution >= 4 is 11.8 Å².